The molecule has 0 aromatic carbocycles. The van der Waals surface area contributed by atoms with Crippen LogP contribution in [0.2, 0.25) is 5.02 Å². The van der Waals surface area contributed by atoms with E-state index in [1.807, 2.05) is 0 Å². The molecule has 1 heterocycles. The Morgan fingerprint density at radius 1 is 1.67 bits per heavy atom. The summed E-state index contributed by atoms with van der Waals surface area (Å²) in [5, 5.41) is 10.9. The molecule has 0 aliphatic rings. The summed E-state index contributed by atoms with van der Waals surface area (Å²) in [5.74, 6) is -1.18. The molecule has 0 saturated heterocycles. The fraction of sp³-hybridized carbons (Fsp3) is 0.250. The Labute approximate surface area is 88.9 Å². The van der Waals surface area contributed by atoms with Gasteiger partial charge in [0, 0.05) is 6.20 Å². The molecule has 0 atom stereocenters. The number of halogens is 3. The number of rotatable bonds is 4. The lowest BCUT2D eigenvalue weighted by atomic mass is 10.2. The maximum Gasteiger partial charge on any atom is 0.337 e. The topological polar surface area (TPSA) is 62.2 Å². The van der Waals surface area contributed by atoms with Crippen molar-refractivity contribution in [2.45, 2.75) is 6.43 Å². The van der Waals surface area contributed by atoms with Crippen molar-refractivity contribution >= 4 is 23.4 Å². The number of alkyl halides is 2. The number of hydrogen-bond acceptors (Lipinski definition) is 3. The van der Waals surface area contributed by atoms with Crippen molar-refractivity contribution in [3.05, 3.63) is 22.8 Å². The van der Waals surface area contributed by atoms with Crippen LogP contribution in [0.25, 0.3) is 0 Å². The highest BCUT2D eigenvalue weighted by Crippen LogP contribution is 2.17. The van der Waals surface area contributed by atoms with Gasteiger partial charge in [0.1, 0.15) is 5.82 Å². The molecule has 0 aliphatic carbocycles. The Hall–Kier alpha value is -1.43. The number of nitrogens with zero attached hydrogens (tertiary/aromatic N) is 1. The lowest BCUT2D eigenvalue weighted by molar-refractivity contribution is 0.0697. The number of aromatic carboxylic acids is 1. The van der Waals surface area contributed by atoms with Gasteiger partial charge in [0.25, 0.3) is 6.43 Å². The highest BCUT2D eigenvalue weighted by Gasteiger charge is 2.11. The van der Waals surface area contributed by atoms with Crippen LogP contribution in [0.15, 0.2) is 12.3 Å². The van der Waals surface area contributed by atoms with Crippen molar-refractivity contribution < 1.29 is 18.7 Å². The van der Waals surface area contributed by atoms with Crippen molar-refractivity contribution in [1.29, 1.82) is 0 Å². The zero-order chi connectivity index (χ0) is 11.4. The molecule has 15 heavy (non-hydrogen) atoms. The summed E-state index contributed by atoms with van der Waals surface area (Å²) in [5.41, 5.74) is -0.177. The molecule has 0 amide bonds. The Balaban J connectivity index is 2.83. The molecular formula is C8H7ClF2N2O2. The van der Waals surface area contributed by atoms with Crippen LogP contribution in [0.5, 0.6) is 0 Å². The van der Waals surface area contributed by atoms with Crippen LogP contribution in [0.3, 0.4) is 0 Å². The Morgan fingerprint density at radius 2 is 2.33 bits per heavy atom. The molecule has 0 spiro atoms. The lowest BCUT2D eigenvalue weighted by Gasteiger charge is -2.05. The van der Waals surface area contributed by atoms with Crippen LogP contribution < -0.4 is 5.32 Å². The summed E-state index contributed by atoms with van der Waals surface area (Å²) >= 11 is 5.53. The van der Waals surface area contributed by atoms with Gasteiger partial charge in [-0.05, 0) is 6.07 Å². The second-order valence-electron chi connectivity index (χ2n) is 2.63. The molecular weight excluding hydrogens is 230 g/mol. The van der Waals surface area contributed by atoms with E-state index in [4.69, 9.17) is 16.7 Å². The van der Waals surface area contributed by atoms with E-state index in [0.717, 1.165) is 12.3 Å². The number of carbonyl (C=O) groups is 1. The third-order valence-electron chi connectivity index (χ3n) is 1.52. The SMILES string of the molecule is O=C(O)c1cc(NCC(F)F)ncc1Cl. The zero-order valence-electron chi connectivity index (χ0n) is 7.38. The summed E-state index contributed by atoms with van der Waals surface area (Å²) in [4.78, 5) is 14.3. The van der Waals surface area contributed by atoms with E-state index in [9.17, 15) is 13.6 Å². The third kappa shape index (κ3) is 3.32. The summed E-state index contributed by atoms with van der Waals surface area (Å²) in [6.07, 6.45) is -1.44. The molecule has 0 unspecified atom stereocenters. The van der Waals surface area contributed by atoms with E-state index < -0.39 is 18.9 Å². The molecule has 0 radical (unpaired) electrons. The molecule has 0 fully saturated rings. The summed E-state index contributed by atoms with van der Waals surface area (Å²) in [6.45, 7) is -0.590. The molecule has 0 bridgehead atoms. The highest BCUT2D eigenvalue weighted by molar-refractivity contribution is 6.33. The van der Waals surface area contributed by atoms with Gasteiger partial charge >= 0.3 is 5.97 Å². The second-order valence-corrected chi connectivity index (χ2v) is 3.03. The van der Waals surface area contributed by atoms with Gasteiger partial charge in [-0.25, -0.2) is 18.6 Å². The van der Waals surface area contributed by atoms with Gasteiger partial charge in [0.05, 0.1) is 17.1 Å². The number of pyridine rings is 1. The monoisotopic (exact) mass is 236 g/mol. The van der Waals surface area contributed by atoms with E-state index in [2.05, 4.69) is 10.3 Å². The zero-order valence-corrected chi connectivity index (χ0v) is 8.13. The maximum absolute atomic E-state index is 11.8. The smallest absolute Gasteiger partial charge is 0.337 e. The van der Waals surface area contributed by atoms with Crippen LogP contribution in [0.1, 0.15) is 10.4 Å². The number of aromatic nitrogens is 1. The minimum Gasteiger partial charge on any atom is -0.478 e. The van der Waals surface area contributed by atoms with E-state index in [1.165, 1.54) is 0 Å². The number of nitrogens with one attached hydrogen (secondary N) is 1. The van der Waals surface area contributed by atoms with Crippen LogP contribution >= 0.6 is 11.6 Å². The number of carboxylic acid groups (broad SMARTS) is 1. The van der Waals surface area contributed by atoms with E-state index in [0.29, 0.717) is 0 Å². The van der Waals surface area contributed by atoms with Crippen molar-refractivity contribution in [2.75, 3.05) is 11.9 Å². The minimum atomic E-state index is -2.53. The van der Waals surface area contributed by atoms with Gasteiger partial charge in [0.15, 0.2) is 0 Å². The average molecular weight is 237 g/mol. The van der Waals surface area contributed by atoms with Gasteiger partial charge < -0.3 is 10.4 Å². The van der Waals surface area contributed by atoms with Crippen LogP contribution in [0.4, 0.5) is 14.6 Å². The minimum absolute atomic E-state index is 0.0369. The van der Waals surface area contributed by atoms with Gasteiger partial charge in [-0.3, -0.25) is 0 Å². The molecule has 0 aliphatic heterocycles. The normalized spacial score (nSPS) is 10.4. The van der Waals surface area contributed by atoms with Crippen molar-refractivity contribution in [3.8, 4) is 0 Å². The quantitative estimate of drug-likeness (QED) is 0.841. The fourth-order valence-corrected chi connectivity index (χ4v) is 1.07. The van der Waals surface area contributed by atoms with Gasteiger partial charge in [-0.1, -0.05) is 11.6 Å². The Bertz CT molecular complexity index is 374. The van der Waals surface area contributed by atoms with Crippen molar-refractivity contribution in [1.82, 2.24) is 4.98 Å². The van der Waals surface area contributed by atoms with E-state index in [-0.39, 0.29) is 16.4 Å². The second kappa shape index (κ2) is 4.88. The molecule has 0 saturated carbocycles. The standard InChI is InChI=1S/C8H7ClF2N2O2/c9-5-2-12-7(13-3-6(10)11)1-4(5)8(14)15/h1-2,6H,3H2,(H,12,13)(H,14,15). The van der Waals surface area contributed by atoms with Gasteiger partial charge in [-0.15, -0.1) is 0 Å². The largest absolute Gasteiger partial charge is 0.478 e. The number of carboxylic acids is 1. The average Bonchev–Trinajstić information content (AvgIpc) is 2.16. The van der Waals surface area contributed by atoms with Gasteiger partial charge in [0.2, 0.25) is 0 Å². The molecule has 1 aromatic heterocycles. The van der Waals surface area contributed by atoms with Gasteiger partial charge in [-0.2, -0.15) is 0 Å². The summed E-state index contributed by atoms with van der Waals surface area (Å²) < 4.78 is 23.7. The van der Waals surface area contributed by atoms with Crippen molar-refractivity contribution in [2.24, 2.45) is 0 Å². The summed E-state index contributed by atoms with van der Waals surface area (Å²) in [7, 11) is 0. The van der Waals surface area contributed by atoms with E-state index >= 15 is 0 Å². The fourth-order valence-electron chi connectivity index (χ4n) is 0.881. The molecule has 1 rings (SSSR count). The lowest BCUT2D eigenvalue weighted by Crippen LogP contribution is -2.12. The van der Waals surface area contributed by atoms with Crippen LogP contribution in [-0.2, 0) is 0 Å². The molecule has 1 aromatic rings. The van der Waals surface area contributed by atoms with Crippen LogP contribution in [0, 0.1) is 0 Å². The Morgan fingerprint density at radius 3 is 2.87 bits per heavy atom. The Kier molecular flexibility index (Phi) is 3.79. The first-order valence-corrected chi connectivity index (χ1v) is 4.29. The predicted molar refractivity (Wildman–Crippen MR) is 50.7 cm³/mol. The van der Waals surface area contributed by atoms with E-state index in [1.54, 1.807) is 0 Å². The van der Waals surface area contributed by atoms with Crippen LogP contribution in [-0.4, -0.2) is 29.0 Å². The number of anilines is 1. The summed E-state index contributed by atoms with van der Waals surface area (Å²) in [6, 6.07) is 1.10. The molecule has 2 N–H and O–H groups in total. The third-order valence-corrected chi connectivity index (χ3v) is 1.82. The molecule has 4 nitrogen and oxygen atoms in total. The first-order valence-electron chi connectivity index (χ1n) is 3.91. The highest BCUT2D eigenvalue weighted by atomic mass is 35.5. The number of hydrogen-bond donors (Lipinski definition) is 2. The first kappa shape index (κ1) is 11.6. The first-order chi connectivity index (χ1) is 7.00. The predicted octanol–water partition coefficient (Wildman–Crippen LogP) is 2.11. The molecule has 7 heteroatoms. The molecule has 82 valence electrons. The van der Waals surface area contributed by atoms with Crippen molar-refractivity contribution in [3.63, 3.8) is 0 Å². The maximum atomic E-state index is 11.8.